The van der Waals surface area contributed by atoms with Gasteiger partial charge in [-0.15, -0.1) is 0 Å². The molecule has 146 heavy (non-hydrogen) atoms. The molecular weight excluding hydrogens is 1790 g/mol. The molecule has 2 heteroatoms. The van der Waals surface area contributed by atoms with Crippen molar-refractivity contribution < 1.29 is 0 Å². The van der Waals surface area contributed by atoms with Crippen molar-refractivity contribution >= 4 is 198 Å². The predicted octanol–water partition coefficient (Wildman–Crippen LogP) is 37.7. The Labute approximate surface area is 844 Å². The zero-order chi connectivity index (χ0) is 95.2. The van der Waals surface area contributed by atoms with E-state index in [4.69, 9.17) is 0 Å². The van der Waals surface area contributed by atoms with Gasteiger partial charge in [0, 0.05) is 0 Å². The van der Waals surface area contributed by atoms with Crippen LogP contribution in [0.3, 0.4) is 0 Å². The van der Waals surface area contributed by atoms with Gasteiger partial charge in [0.1, 0.15) is 16.1 Å². The molecule has 0 spiro atoms. The lowest BCUT2D eigenvalue weighted by atomic mass is 9.82. The first-order valence-electron chi connectivity index (χ1n) is 51.8. The van der Waals surface area contributed by atoms with Gasteiger partial charge in [-0.05, 0) is 402 Å². The maximum absolute atomic E-state index is 2.71. The Kier molecular flexibility index (Phi) is 15.0. The third kappa shape index (κ3) is 9.94. The Morgan fingerprint density at radius 2 is 0.370 bits per heavy atom. The normalized spacial score (nSPS) is 13.7. The maximum atomic E-state index is 2.71. The molecule has 0 aromatic heterocycles. The number of hydrogen-bond acceptors (Lipinski definition) is 0. The molecule has 0 unspecified atom stereocenters. The van der Waals surface area contributed by atoms with Crippen LogP contribution in [0.1, 0.15) is 0 Å². The lowest BCUT2D eigenvalue weighted by Crippen LogP contribution is -2.49. The van der Waals surface area contributed by atoms with E-state index >= 15 is 0 Å². The van der Waals surface area contributed by atoms with Crippen molar-refractivity contribution in [1.82, 2.24) is 0 Å². The first kappa shape index (κ1) is 78.9. The van der Waals surface area contributed by atoms with E-state index in [-0.39, 0.29) is 0 Å². The fraction of sp³-hybridized carbons (Fsp3) is 0.0278. The third-order valence-corrected chi connectivity index (χ3v) is 43.1. The minimum Gasteiger partial charge on any atom is -0.0616 e. The minimum absolute atomic E-state index is 1.21. The third-order valence-electron chi connectivity index (χ3n) is 36.1. The van der Waals surface area contributed by atoms with E-state index < -0.39 is 16.1 Å². The van der Waals surface area contributed by atoms with Gasteiger partial charge in [-0.25, -0.2) is 0 Å². The molecule has 4 aliphatic carbocycles. The average Bonchev–Trinajstić information content (AvgIpc) is 1.47. The molecule has 0 saturated heterocycles. The summed E-state index contributed by atoms with van der Waals surface area (Å²) in [6.07, 6.45) is 0. The summed E-state index contributed by atoms with van der Waals surface area (Å²) in [5, 5.41) is 45.2. The summed E-state index contributed by atoms with van der Waals surface area (Å²) < 4.78 is 0. The fourth-order valence-corrected chi connectivity index (χ4v) is 35.9. The zero-order valence-corrected chi connectivity index (χ0v) is 82.6. The summed E-state index contributed by atoms with van der Waals surface area (Å²) in [6, 6.07) is 172. The topological polar surface area (TPSA) is 0 Å². The summed E-state index contributed by atoms with van der Waals surface area (Å²) >= 11 is 0. The van der Waals surface area contributed by atoms with Crippen molar-refractivity contribution in [2.24, 2.45) is 0 Å². The van der Waals surface area contributed by atoms with Gasteiger partial charge in [0.2, 0.25) is 0 Å². The Morgan fingerprint density at radius 1 is 0.110 bits per heavy atom. The van der Waals surface area contributed by atoms with Crippen molar-refractivity contribution in [1.29, 1.82) is 0 Å². The van der Waals surface area contributed by atoms with Crippen LogP contribution in [0, 0.1) is 0 Å². The van der Waals surface area contributed by atoms with E-state index in [0.29, 0.717) is 0 Å². The first-order chi connectivity index (χ1) is 71.9. The van der Waals surface area contributed by atoms with Crippen LogP contribution in [0.2, 0.25) is 26.2 Å². The molecular formula is C144H84Si2. The largest absolute Gasteiger partial charge is 0.113 e. The molecule has 0 fully saturated rings. The first-order valence-corrected chi connectivity index (χ1v) is 57.8. The highest BCUT2D eigenvalue weighted by molar-refractivity contribution is 7.04. The summed E-state index contributed by atoms with van der Waals surface area (Å²) in [7, 11) is -4.89. The highest BCUT2D eigenvalue weighted by atomic mass is 28.3. The molecule has 6 aliphatic rings. The number of fused-ring (bicyclic) bond motifs is 24. The van der Waals surface area contributed by atoms with Crippen molar-refractivity contribution in [3.63, 3.8) is 0 Å². The molecule has 0 N–H and O–H groups in total. The van der Waals surface area contributed by atoms with Crippen LogP contribution < -0.4 is 20.7 Å². The van der Waals surface area contributed by atoms with Gasteiger partial charge in [0.15, 0.2) is 0 Å². The quantitative estimate of drug-likeness (QED) is 0.0848. The Balaban J connectivity index is 0.511. The Morgan fingerprint density at radius 3 is 0.801 bits per heavy atom. The molecule has 0 nitrogen and oxygen atoms in total. The Hall–Kier alpha value is -17.8. The average molecular weight is 1870 g/mol. The lowest BCUT2D eigenvalue weighted by Gasteiger charge is -2.24. The van der Waals surface area contributed by atoms with Crippen LogP contribution in [0.15, 0.2) is 437 Å². The van der Waals surface area contributed by atoms with E-state index in [2.05, 4.69) is 463 Å². The maximum Gasteiger partial charge on any atom is 0.113 e. The van der Waals surface area contributed by atoms with Gasteiger partial charge in [0.25, 0.3) is 0 Å². The van der Waals surface area contributed by atoms with Gasteiger partial charge in [-0.2, -0.15) is 0 Å². The molecule has 29 aromatic rings. The van der Waals surface area contributed by atoms with Crippen molar-refractivity contribution in [3.8, 4) is 189 Å². The summed E-state index contributed by atoms with van der Waals surface area (Å²) in [4.78, 5) is 0. The second kappa shape index (κ2) is 27.8. The molecule has 0 saturated carbocycles. The second-order valence-corrected chi connectivity index (χ2v) is 52.1. The van der Waals surface area contributed by atoms with Gasteiger partial charge in [-0.1, -0.05) is 433 Å². The van der Waals surface area contributed by atoms with E-state index in [9.17, 15) is 0 Å². The van der Waals surface area contributed by atoms with E-state index in [1.807, 2.05) is 0 Å². The highest BCUT2D eigenvalue weighted by Crippen LogP contribution is 2.61. The van der Waals surface area contributed by atoms with Crippen LogP contribution in [-0.4, -0.2) is 16.1 Å². The standard InChI is InChI=1S/C144H84Si2/c1-145(2)129-71-82(85-58-59-113-100-36-15-24-77-23-14-35-99(134(77)100)105-43-17-38-94(85)136(105)113)52-56-92(129)123-73-125-128(75-131(123)145)144(104-34-12-9-31-101(104)141(125)114-62-60-111-88-29-7-5-27-86(88)95-39-18-44-106(114)137(95)111)117-65-67-119-122-69-81(51-55-91(122)98-42-21-47-109(117)140(98)119)80-50-54-90-97-41-20-46-108-115(64-66-118(139(97)108)121(90)68-80)142-102-32-10-11-33-103(102)143(116-63-61-112-89-30-8-6-28-87(89)96-40-19-45-107(116)138(96)112)127-76-132-124(74-126(127)142)93-57-53-83(72-130(93)146(132,3)4)120-70-84-26-13-22-78-48-49-79-25-16-37-110(120)135(79)133(78)84/h5-76H,1-4H3. The van der Waals surface area contributed by atoms with Gasteiger partial charge in [-0.3, -0.25) is 0 Å². The number of benzene rings is 29. The second-order valence-electron chi connectivity index (χ2n) is 43.5. The smallest absolute Gasteiger partial charge is 0.0616 e. The summed E-state index contributed by atoms with van der Waals surface area (Å²) in [5.41, 5.74) is 44.1. The van der Waals surface area contributed by atoms with Crippen LogP contribution in [0.25, 0.3) is 351 Å². The SMILES string of the molecule is C[Si]1(C)c2cc(-c3ccc4c5cccc6cccc(c7cccc3c74)c65)ccc2-c2cc3c(-c4ccc5c6c(cccc46)-c4ccccc4-5)c4ccccc4c(-c4ccc5c6c(cccc46)-c4ccc(-c6ccc7c(c6)-c6ccc(-c8c9ccccc9c(-c9ccc%10c%11c(cccc9%11)-c9ccccc9-%10)c9cc%10c(cc89)-c8ccc(-c9cc%11cccc%12ccc%13cccc9c%13c%12%11)cc8[Si]%10(C)C)c8cccc-7c68)cc4-5)c3cc21. The molecule has 0 atom stereocenters. The molecule has 0 radical (unpaired) electrons. The molecule has 668 valence electrons. The Bertz CT molecular complexity index is 11200. The molecule has 0 amide bonds. The summed E-state index contributed by atoms with van der Waals surface area (Å²) in [5.74, 6) is 0. The van der Waals surface area contributed by atoms with E-state index in [1.54, 1.807) is 0 Å². The molecule has 0 bridgehead atoms. The van der Waals surface area contributed by atoms with Crippen LogP contribution in [0.4, 0.5) is 0 Å². The van der Waals surface area contributed by atoms with E-state index in [1.165, 1.54) is 371 Å². The fourth-order valence-electron chi connectivity index (χ4n) is 29.8. The monoisotopic (exact) mass is 1870 g/mol. The van der Waals surface area contributed by atoms with Crippen LogP contribution in [-0.2, 0) is 0 Å². The minimum atomic E-state index is -2.46. The van der Waals surface area contributed by atoms with Gasteiger partial charge < -0.3 is 0 Å². The van der Waals surface area contributed by atoms with E-state index in [0.717, 1.165) is 0 Å². The highest BCUT2D eigenvalue weighted by Gasteiger charge is 2.43. The number of hydrogen-bond donors (Lipinski definition) is 0. The van der Waals surface area contributed by atoms with Crippen LogP contribution >= 0.6 is 0 Å². The van der Waals surface area contributed by atoms with Gasteiger partial charge >= 0.3 is 0 Å². The summed E-state index contributed by atoms with van der Waals surface area (Å²) in [6.45, 7) is 10.5. The molecule has 29 aromatic carbocycles. The van der Waals surface area contributed by atoms with Gasteiger partial charge in [0.05, 0.1) is 0 Å². The molecule has 2 aliphatic heterocycles. The number of rotatable bonds is 7. The van der Waals surface area contributed by atoms with Crippen molar-refractivity contribution in [3.05, 3.63) is 437 Å². The molecule has 35 rings (SSSR count). The van der Waals surface area contributed by atoms with Crippen molar-refractivity contribution in [2.45, 2.75) is 26.2 Å². The van der Waals surface area contributed by atoms with Crippen LogP contribution in [0.5, 0.6) is 0 Å². The lowest BCUT2D eigenvalue weighted by molar-refractivity contribution is 1.62. The van der Waals surface area contributed by atoms with Crippen molar-refractivity contribution in [2.75, 3.05) is 0 Å². The predicted molar refractivity (Wildman–Crippen MR) is 632 cm³/mol. The zero-order valence-electron chi connectivity index (χ0n) is 80.6. The molecule has 2 heterocycles.